The van der Waals surface area contributed by atoms with Crippen molar-refractivity contribution in [3.05, 3.63) is 0 Å². The topological polar surface area (TPSA) is 29.5 Å². The number of piperidine rings is 1. The first kappa shape index (κ1) is 14.5. The van der Waals surface area contributed by atoms with Gasteiger partial charge in [0.25, 0.3) is 0 Å². The average Bonchev–Trinajstić information content (AvgIpc) is 2.48. The van der Waals surface area contributed by atoms with Gasteiger partial charge in [0, 0.05) is 38.1 Å². The van der Waals surface area contributed by atoms with Gasteiger partial charge in [0.05, 0.1) is 5.60 Å². The van der Waals surface area contributed by atoms with Crippen molar-refractivity contribution >= 4 is 5.78 Å². The number of rotatable bonds is 2. The SMILES string of the molecule is CCC1CN(C2CCOC3(CCCCC3)C2)CCC1=O. The third-order valence-corrected chi connectivity index (χ3v) is 5.80. The summed E-state index contributed by atoms with van der Waals surface area (Å²) in [5.74, 6) is 0.775. The zero-order valence-corrected chi connectivity index (χ0v) is 12.9. The van der Waals surface area contributed by atoms with Gasteiger partial charge in [0.2, 0.25) is 0 Å². The molecule has 2 aliphatic heterocycles. The van der Waals surface area contributed by atoms with Crippen molar-refractivity contribution in [2.45, 2.75) is 76.4 Å². The minimum atomic E-state index is 0.185. The van der Waals surface area contributed by atoms with Gasteiger partial charge in [-0.2, -0.15) is 0 Å². The normalized spacial score (nSPS) is 35.4. The Morgan fingerprint density at radius 3 is 2.85 bits per heavy atom. The molecule has 0 aromatic heterocycles. The lowest BCUT2D eigenvalue weighted by Crippen LogP contribution is -2.53. The Morgan fingerprint density at radius 1 is 1.30 bits per heavy atom. The Bertz CT molecular complexity index is 343. The van der Waals surface area contributed by atoms with Gasteiger partial charge in [-0.25, -0.2) is 0 Å². The molecule has 114 valence electrons. The van der Waals surface area contributed by atoms with Crippen molar-refractivity contribution in [3.63, 3.8) is 0 Å². The molecule has 2 unspecified atom stereocenters. The van der Waals surface area contributed by atoms with Crippen LogP contribution < -0.4 is 0 Å². The summed E-state index contributed by atoms with van der Waals surface area (Å²) in [6.07, 6.45) is 10.7. The fourth-order valence-electron chi connectivity index (χ4n) is 4.48. The Morgan fingerprint density at radius 2 is 2.10 bits per heavy atom. The Kier molecular flexibility index (Phi) is 4.46. The van der Waals surface area contributed by atoms with E-state index in [0.29, 0.717) is 11.8 Å². The standard InChI is InChI=1S/C17H29NO2/c1-2-14-13-18(10-6-16(14)19)15-7-11-20-17(12-15)8-4-3-5-9-17/h14-15H,2-13H2,1H3. The molecule has 2 heterocycles. The zero-order chi connectivity index (χ0) is 14.0. The number of carbonyl (C=O) groups excluding carboxylic acids is 1. The van der Waals surface area contributed by atoms with Crippen molar-refractivity contribution in [2.24, 2.45) is 5.92 Å². The summed E-state index contributed by atoms with van der Waals surface area (Å²) in [4.78, 5) is 14.5. The highest BCUT2D eigenvalue weighted by atomic mass is 16.5. The molecule has 0 aromatic carbocycles. The number of likely N-dealkylation sites (tertiary alicyclic amines) is 1. The van der Waals surface area contributed by atoms with E-state index in [1.165, 1.54) is 38.5 Å². The van der Waals surface area contributed by atoms with Crippen LogP contribution in [0.1, 0.15) is 64.7 Å². The first-order valence-electron chi connectivity index (χ1n) is 8.63. The van der Waals surface area contributed by atoms with Crippen LogP contribution in [0.2, 0.25) is 0 Å². The summed E-state index contributed by atoms with van der Waals surface area (Å²) in [5.41, 5.74) is 0.185. The molecule has 1 spiro atoms. The van der Waals surface area contributed by atoms with E-state index < -0.39 is 0 Å². The second kappa shape index (κ2) is 6.15. The quantitative estimate of drug-likeness (QED) is 0.777. The van der Waals surface area contributed by atoms with Crippen LogP contribution in [0.25, 0.3) is 0 Å². The van der Waals surface area contributed by atoms with Gasteiger partial charge in [-0.1, -0.05) is 26.2 Å². The summed E-state index contributed by atoms with van der Waals surface area (Å²) in [6.45, 7) is 5.05. The van der Waals surface area contributed by atoms with Crippen molar-refractivity contribution < 1.29 is 9.53 Å². The van der Waals surface area contributed by atoms with E-state index in [4.69, 9.17) is 4.74 Å². The maximum Gasteiger partial charge on any atom is 0.138 e. The highest BCUT2D eigenvalue weighted by molar-refractivity contribution is 5.82. The van der Waals surface area contributed by atoms with Crippen LogP contribution in [0, 0.1) is 5.92 Å². The molecular formula is C17H29NO2. The minimum Gasteiger partial charge on any atom is -0.375 e. The molecule has 3 heteroatoms. The number of nitrogens with zero attached hydrogens (tertiary/aromatic N) is 1. The Hall–Kier alpha value is -0.410. The average molecular weight is 279 g/mol. The number of Topliss-reactive ketones (excluding diaryl/α,β-unsaturated/α-hetero) is 1. The van der Waals surface area contributed by atoms with E-state index in [9.17, 15) is 4.79 Å². The minimum absolute atomic E-state index is 0.185. The molecule has 3 rings (SSSR count). The molecule has 0 amide bonds. The Balaban J connectivity index is 1.63. The van der Waals surface area contributed by atoms with E-state index in [1.54, 1.807) is 0 Å². The zero-order valence-electron chi connectivity index (χ0n) is 12.9. The lowest BCUT2D eigenvalue weighted by atomic mass is 9.77. The third kappa shape index (κ3) is 2.94. The Labute approximate surface area is 123 Å². The van der Waals surface area contributed by atoms with Gasteiger partial charge >= 0.3 is 0 Å². The number of hydrogen-bond donors (Lipinski definition) is 0. The van der Waals surface area contributed by atoms with Gasteiger partial charge in [-0.05, 0) is 32.1 Å². The van der Waals surface area contributed by atoms with Gasteiger partial charge in [-0.3, -0.25) is 9.69 Å². The molecule has 3 aliphatic rings. The fraction of sp³-hybridized carbons (Fsp3) is 0.941. The maximum absolute atomic E-state index is 11.9. The predicted molar refractivity (Wildman–Crippen MR) is 79.8 cm³/mol. The molecule has 0 radical (unpaired) electrons. The molecule has 3 fully saturated rings. The van der Waals surface area contributed by atoms with E-state index in [0.717, 1.165) is 39.0 Å². The first-order chi connectivity index (χ1) is 9.72. The third-order valence-electron chi connectivity index (χ3n) is 5.80. The smallest absolute Gasteiger partial charge is 0.138 e. The van der Waals surface area contributed by atoms with E-state index >= 15 is 0 Å². The van der Waals surface area contributed by atoms with Crippen molar-refractivity contribution in [1.82, 2.24) is 4.90 Å². The highest BCUT2D eigenvalue weighted by Gasteiger charge is 2.41. The summed E-state index contributed by atoms with van der Waals surface area (Å²) in [7, 11) is 0. The summed E-state index contributed by atoms with van der Waals surface area (Å²) in [5, 5.41) is 0. The molecular weight excluding hydrogens is 250 g/mol. The molecule has 0 bridgehead atoms. The van der Waals surface area contributed by atoms with Crippen molar-refractivity contribution in [1.29, 1.82) is 0 Å². The summed E-state index contributed by atoms with van der Waals surface area (Å²) >= 11 is 0. The molecule has 2 atom stereocenters. The van der Waals surface area contributed by atoms with Gasteiger partial charge < -0.3 is 4.74 Å². The summed E-state index contributed by atoms with van der Waals surface area (Å²) < 4.78 is 6.21. The van der Waals surface area contributed by atoms with Crippen LogP contribution in [0.15, 0.2) is 0 Å². The lowest BCUT2D eigenvalue weighted by Gasteiger charge is -2.48. The van der Waals surface area contributed by atoms with Gasteiger partial charge in [-0.15, -0.1) is 0 Å². The maximum atomic E-state index is 11.9. The number of ketones is 1. The fourth-order valence-corrected chi connectivity index (χ4v) is 4.48. The second-order valence-corrected chi connectivity index (χ2v) is 7.06. The largest absolute Gasteiger partial charge is 0.375 e. The molecule has 1 aliphatic carbocycles. The van der Waals surface area contributed by atoms with E-state index in [2.05, 4.69) is 11.8 Å². The van der Waals surface area contributed by atoms with Crippen LogP contribution in [0.5, 0.6) is 0 Å². The molecule has 0 N–H and O–H groups in total. The van der Waals surface area contributed by atoms with Gasteiger partial charge in [0.1, 0.15) is 5.78 Å². The molecule has 0 aromatic rings. The molecule has 1 saturated carbocycles. The van der Waals surface area contributed by atoms with Crippen LogP contribution in [0.4, 0.5) is 0 Å². The molecule has 2 saturated heterocycles. The van der Waals surface area contributed by atoms with E-state index in [-0.39, 0.29) is 11.5 Å². The lowest BCUT2D eigenvalue weighted by molar-refractivity contribution is -0.136. The first-order valence-corrected chi connectivity index (χ1v) is 8.63. The number of ether oxygens (including phenoxy) is 1. The van der Waals surface area contributed by atoms with Crippen LogP contribution >= 0.6 is 0 Å². The van der Waals surface area contributed by atoms with Crippen molar-refractivity contribution in [2.75, 3.05) is 19.7 Å². The van der Waals surface area contributed by atoms with Crippen LogP contribution in [0.3, 0.4) is 0 Å². The monoisotopic (exact) mass is 279 g/mol. The van der Waals surface area contributed by atoms with Crippen LogP contribution in [-0.2, 0) is 9.53 Å². The summed E-state index contributed by atoms with van der Waals surface area (Å²) in [6, 6.07) is 0.656. The highest BCUT2D eigenvalue weighted by Crippen LogP contribution is 2.40. The molecule has 20 heavy (non-hydrogen) atoms. The van der Waals surface area contributed by atoms with Gasteiger partial charge in [0.15, 0.2) is 0 Å². The number of hydrogen-bond acceptors (Lipinski definition) is 3. The number of carbonyl (C=O) groups is 1. The van der Waals surface area contributed by atoms with Crippen LogP contribution in [-0.4, -0.2) is 42.0 Å². The van der Waals surface area contributed by atoms with Crippen molar-refractivity contribution in [3.8, 4) is 0 Å². The predicted octanol–water partition coefficient (Wildman–Crippen LogP) is 3.17. The molecule has 3 nitrogen and oxygen atoms in total. The van der Waals surface area contributed by atoms with E-state index in [1.807, 2.05) is 0 Å². The second-order valence-electron chi connectivity index (χ2n) is 7.06.